The molecule has 5 nitrogen and oxygen atoms in total. The van der Waals surface area contributed by atoms with Gasteiger partial charge in [0, 0.05) is 4.92 Å². The molecule has 0 amide bonds. The highest BCUT2D eigenvalue weighted by atomic mass is 19.1. The molecule has 0 saturated carbocycles. The third kappa shape index (κ3) is 3.51. The molecule has 6 heteroatoms. The normalized spacial score (nSPS) is 12.1. The first-order valence-corrected chi connectivity index (χ1v) is 4.22. The number of halogens is 1. The fourth-order valence-corrected chi connectivity index (χ4v) is 1.12. The van der Waals surface area contributed by atoms with E-state index < -0.39 is 24.4 Å². The summed E-state index contributed by atoms with van der Waals surface area (Å²) in [5.74, 6) is 0.234. The molecule has 1 aromatic rings. The minimum atomic E-state index is -1.21. The summed E-state index contributed by atoms with van der Waals surface area (Å²) in [6.45, 7) is -1.56. The highest BCUT2D eigenvalue weighted by Crippen LogP contribution is 2.19. The Labute approximate surface area is 85.3 Å². The smallest absolute Gasteiger partial charge is 0.233 e. The van der Waals surface area contributed by atoms with Gasteiger partial charge in [-0.05, 0) is 17.7 Å². The molecule has 0 fully saturated rings. The predicted molar refractivity (Wildman–Crippen MR) is 49.9 cm³/mol. The maximum Gasteiger partial charge on any atom is 0.233 e. The zero-order valence-corrected chi connectivity index (χ0v) is 7.80. The van der Waals surface area contributed by atoms with E-state index in [-0.39, 0.29) is 5.75 Å². The van der Waals surface area contributed by atoms with Crippen molar-refractivity contribution in [1.82, 2.24) is 0 Å². The maximum absolute atomic E-state index is 11.8. The molecular weight excluding hydrogens is 205 g/mol. The van der Waals surface area contributed by atoms with Gasteiger partial charge < -0.3 is 9.84 Å². The Hall–Kier alpha value is -1.69. The van der Waals surface area contributed by atoms with Gasteiger partial charge in [0.1, 0.15) is 11.9 Å². The lowest BCUT2D eigenvalue weighted by atomic mass is 10.1. The molecule has 1 aromatic carbocycles. The van der Waals surface area contributed by atoms with Gasteiger partial charge in [-0.15, -0.1) is 0 Å². The van der Waals surface area contributed by atoms with Crippen molar-refractivity contribution in [3.05, 3.63) is 39.9 Å². The van der Waals surface area contributed by atoms with Gasteiger partial charge in [0.25, 0.3) is 0 Å². The Morgan fingerprint density at radius 1 is 1.60 bits per heavy atom. The Bertz CT molecular complexity index is 345. The van der Waals surface area contributed by atoms with Crippen LogP contribution >= 0.6 is 0 Å². The van der Waals surface area contributed by atoms with E-state index in [0.717, 1.165) is 0 Å². The first-order chi connectivity index (χ1) is 7.13. The molecule has 0 aromatic heterocycles. The number of hydrogen-bond acceptors (Lipinski definition) is 4. The van der Waals surface area contributed by atoms with Crippen molar-refractivity contribution in [2.24, 2.45) is 0 Å². The third-order valence-electron chi connectivity index (χ3n) is 1.79. The molecule has 0 radical (unpaired) electrons. The van der Waals surface area contributed by atoms with Crippen LogP contribution in [0.1, 0.15) is 11.7 Å². The van der Waals surface area contributed by atoms with Gasteiger partial charge in [0.05, 0.1) is 0 Å². The van der Waals surface area contributed by atoms with E-state index in [1.807, 2.05) is 0 Å². The van der Waals surface area contributed by atoms with Crippen molar-refractivity contribution in [3.63, 3.8) is 0 Å². The second kappa shape index (κ2) is 5.26. The summed E-state index contributed by atoms with van der Waals surface area (Å²) >= 11 is 0. The van der Waals surface area contributed by atoms with Gasteiger partial charge in [-0.1, -0.05) is 12.1 Å². The number of aliphatic hydroxyl groups is 1. The van der Waals surface area contributed by atoms with Crippen LogP contribution in [-0.2, 0) is 0 Å². The SMILES string of the molecule is O=[N+]([O-])CC(O)c1cccc(OCF)c1. The topological polar surface area (TPSA) is 72.6 Å². The minimum Gasteiger partial charge on any atom is -0.463 e. The van der Waals surface area contributed by atoms with Gasteiger partial charge in [-0.2, -0.15) is 0 Å². The molecule has 1 rings (SSSR count). The molecule has 0 spiro atoms. The average molecular weight is 215 g/mol. The van der Waals surface area contributed by atoms with E-state index in [0.29, 0.717) is 5.56 Å². The van der Waals surface area contributed by atoms with Crippen LogP contribution < -0.4 is 4.74 Å². The molecule has 82 valence electrons. The van der Waals surface area contributed by atoms with Crippen molar-refractivity contribution in [2.45, 2.75) is 6.10 Å². The van der Waals surface area contributed by atoms with Crippen LogP contribution in [0.15, 0.2) is 24.3 Å². The van der Waals surface area contributed by atoms with Crippen LogP contribution in [0, 0.1) is 10.1 Å². The lowest BCUT2D eigenvalue weighted by Crippen LogP contribution is -2.11. The molecule has 0 aliphatic heterocycles. The molecule has 15 heavy (non-hydrogen) atoms. The fourth-order valence-electron chi connectivity index (χ4n) is 1.12. The molecule has 0 aliphatic rings. The zero-order valence-electron chi connectivity index (χ0n) is 7.80. The second-order valence-corrected chi connectivity index (χ2v) is 2.86. The molecule has 1 atom stereocenters. The first kappa shape index (κ1) is 11.4. The van der Waals surface area contributed by atoms with Crippen molar-refractivity contribution in [1.29, 1.82) is 0 Å². The molecule has 0 aliphatic carbocycles. The maximum atomic E-state index is 11.8. The molecule has 1 N–H and O–H groups in total. The van der Waals surface area contributed by atoms with E-state index >= 15 is 0 Å². The number of nitro groups is 1. The molecule has 0 heterocycles. The van der Waals surface area contributed by atoms with Crippen molar-refractivity contribution in [2.75, 3.05) is 13.4 Å². The monoisotopic (exact) mass is 215 g/mol. The van der Waals surface area contributed by atoms with Crippen LogP contribution in [-0.4, -0.2) is 23.4 Å². The Morgan fingerprint density at radius 2 is 2.33 bits per heavy atom. The Kier molecular flexibility index (Phi) is 3.99. The standard InChI is InChI=1S/C9H10FNO4/c10-6-15-8-3-1-2-7(4-8)9(12)5-11(13)14/h1-4,9,12H,5-6H2. The van der Waals surface area contributed by atoms with Gasteiger partial charge in [0.2, 0.25) is 13.4 Å². The Balaban J connectivity index is 2.75. The van der Waals surface area contributed by atoms with E-state index in [9.17, 15) is 19.6 Å². The highest BCUT2D eigenvalue weighted by molar-refractivity contribution is 5.29. The number of hydrogen-bond donors (Lipinski definition) is 1. The number of alkyl halides is 1. The van der Waals surface area contributed by atoms with E-state index in [1.54, 1.807) is 0 Å². The van der Waals surface area contributed by atoms with Crippen LogP contribution in [0.4, 0.5) is 4.39 Å². The van der Waals surface area contributed by atoms with Gasteiger partial charge in [-0.25, -0.2) is 4.39 Å². The van der Waals surface area contributed by atoms with Gasteiger partial charge in [0.15, 0.2) is 0 Å². The first-order valence-electron chi connectivity index (χ1n) is 4.22. The van der Waals surface area contributed by atoms with Crippen LogP contribution in [0.2, 0.25) is 0 Å². The quantitative estimate of drug-likeness (QED) is 0.593. The predicted octanol–water partition coefficient (Wildman–Crippen LogP) is 1.30. The van der Waals surface area contributed by atoms with Crippen molar-refractivity contribution in [3.8, 4) is 5.75 Å². The lowest BCUT2D eigenvalue weighted by molar-refractivity contribution is -0.491. The lowest BCUT2D eigenvalue weighted by Gasteiger charge is -2.08. The number of ether oxygens (including phenoxy) is 1. The van der Waals surface area contributed by atoms with Gasteiger partial charge >= 0.3 is 0 Å². The average Bonchev–Trinajstić information content (AvgIpc) is 2.17. The number of aliphatic hydroxyl groups excluding tert-OH is 1. The van der Waals surface area contributed by atoms with Gasteiger partial charge in [-0.3, -0.25) is 10.1 Å². The number of nitrogens with zero attached hydrogens (tertiary/aromatic N) is 1. The molecular formula is C9H10FNO4. The zero-order chi connectivity index (χ0) is 11.3. The second-order valence-electron chi connectivity index (χ2n) is 2.86. The van der Waals surface area contributed by atoms with Crippen LogP contribution in [0.5, 0.6) is 5.75 Å². The molecule has 0 bridgehead atoms. The summed E-state index contributed by atoms with van der Waals surface area (Å²) in [7, 11) is 0. The summed E-state index contributed by atoms with van der Waals surface area (Å²) in [5, 5.41) is 19.5. The summed E-state index contributed by atoms with van der Waals surface area (Å²) in [6.07, 6.45) is -1.21. The minimum absolute atomic E-state index is 0.234. The summed E-state index contributed by atoms with van der Waals surface area (Å²) in [6, 6.07) is 5.92. The van der Waals surface area contributed by atoms with E-state index in [4.69, 9.17) is 0 Å². The molecule has 0 saturated heterocycles. The summed E-state index contributed by atoms with van der Waals surface area (Å²) in [5.41, 5.74) is 0.331. The van der Waals surface area contributed by atoms with E-state index in [1.165, 1.54) is 24.3 Å². The van der Waals surface area contributed by atoms with Crippen molar-refractivity contribution < 1.29 is 19.2 Å². The van der Waals surface area contributed by atoms with E-state index in [2.05, 4.69) is 4.74 Å². The third-order valence-corrected chi connectivity index (χ3v) is 1.79. The largest absolute Gasteiger partial charge is 0.463 e. The Morgan fingerprint density at radius 3 is 2.93 bits per heavy atom. The fraction of sp³-hybridized carbons (Fsp3) is 0.333. The van der Waals surface area contributed by atoms with Crippen LogP contribution in [0.3, 0.4) is 0 Å². The molecule has 1 unspecified atom stereocenters. The van der Waals surface area contributed by atoms with Crippen LogP contribution in [0.25, 0.3) is 0 Å². The summed E-state index contributed by atoms with van der Waals surface area (Å²) in [4.78, 5) is 9.53. The highest BCUT2D eigenvalue weighted by Gasteiger charge is 2.14. The summed E-state index contributed by atoms with van der Waals surface area (Å²) < 4.78 is 16.4. The number of benzene rings is 1. The van der Waals surface area contributed by atoms with Crippen molar-refractivity contribution >= 4 is 0 Å². The number of rotatable bonds is 5.